The molecule has 2 atom stereocenters. The fourth-order valence-corrected chi connectivity index (χ4v) is 2.23. The minimum atomic E-state index is -0.129. The molecule has 1 aliphatic rings. The molecule has 0 aromatic rings. The van der Waals surface area contributed by atoms with E-state index in [-0.39, 0.29) is 23.9 Å². The number of likely N-dealkylation sites (N-methyl/N-ethyl adjacent to an activating group) is 1. The summed E-state index contributed by atoms with van der Waals surface area (Å²) in [6.45, 7) is 7.57. The summed E-state index contributed by atoms with van der Waals surface area (Å²) in [6, 6.07) is 0. The van der Waals surface area contributed by atoms with E-state index in [1.807, 2.05) is 27.8 Å². The van der Waals surface area contributed by atoms with Gasteiger partial charge in [0.05, 0.1) is 31.5 Å². The van der Waals surface area contributed by atoms with Crippen molar-refractivity contribution in [3.63, 3.8) is 0 Å². The zero-order chi connectivity index (χ0) is 12.9. The largest absolute Gasteiger partial charge is 0.394 e. The minimum Gasteiger partial charge on any atom is -0.394 e. The molecule has 1 aliphatic carbocycles. The topological polar surface area (TPSA) is 50.7 Å². The van der Waals surface area contributed by atoms with Crippen molar-refractivity contribution in [2.75, 3.05) is 26.9 Å². The van der Waals surface area contributed by atoms with Crippen molar-refractivity contribution in [3.05, 3.63) is 0 Å². The second kappa shape index (κ2) is 6.14. The van der Waals surface area contributed by atoms with Crippen LogP contribution >= 0.6 is 0 Å². The molecule has 2 N–H and O–H groups in total. The van der Waals surface area contributed by atoms with Gasteiger partial charge in [0.2, 0.25) is 0 Å². The van der Waals surface area contributed by atoms with Crippen LogP contribution in [0.1, 0.15) is 40.0 Å². The Kier molecular flexibility index (Phi) is 5.38. The highest BCUT2D eigenvalue weighted by Gasteiger charge is 2.37. The average molecular weight is 245 g/mol. The summed E-state index contributed by atoms with van der Waals surface area (Å²) in [4.78, 5) is 0. The normalized spacial score (nSPS) is 29.8. The molecule has 0 heterocycles. The summed E-state index contributed by atoms with van der Waals surface area (Å²) in [5.74, 6) is 0. The molecule has 1 fully saturated rings. The van der Waals surface area contributed by atoms with Crippen LogP contribution in [0.25, 0.3) is 0 Å². The van der Waals surface area contributed by atoms with E-state index in [2.05, 4.69) is 5.32 Å². The maximum atomic E-state index is 9.37. The minimum absolute atomic E-state index is 0.0983. The highest BCUT2D eigenvalue weighted by molar-refractivity contribution is 4.95. The number of hydrogen-bond acceptors (Lipinski definition) is 4. The lowest BCUT2D eigenvalue weighted by atomic mass is 9.99. The van der Waals surface area contributed by atoms with Crippen molar-refractivity contribution in [3.8, 4) is 0 Å². The summed E-state index contributed by atoms with van der Waals surface area (Å²) in [6.07, 6.45) is 3.12. The van der Waals surface area contributed by atoms with Gasteiger partial charge in [0.15, 0.2) is 0 Å². The van der Waals surface area contributed by atoms with Gasteiger partial charge in [-0.1, -0.05) is 0 Å². The lowest BCUT2D eigenvalue weighted by Crippen LogP contribution is -2.44. The monoisotopic (exact) mass is 245 g/mol. The van der Waals surface area contributed by atoms with Crippen molar-refractivity contribution < 1.29 is 14.6 Å². The fourth-order valence-electron chi connectivity index (χ4n) is 2.23. The first-order chi connectivity index (χ1) is 7.91. The first-order valence-electron chi connectivity index (χ1n) is 6.46. The van der Waals surface area contributed by atoms with Gasteiger partial charge in [-0.3, -0.25) is 0 Å². The molecule has 0 spiro atoms. The maximum Gasteiger partial charge on any atom is 0.0707 e. The van der Waals surface area contributed by atoms with Gasteiger partial charge in [0.1, 0.15) is 0 Å². The third kappa shape index (κ3) is 4.92. The van der Waals surface area contributed by atoms with Crippen LogP contribution in [0, 0.1) is 0 Å². The zero-order valence-electron chi connectivity index (χ0n) is 11.6. The van der Waals surface area contributed by atoms with Crippen LogP contribution in [0.4, 0.5) is 0 Å². The van der Waals surface area contributed by atoms with Crippen LogP contribution in [0.2, 0.25) is 0 Å². The lowest BCUT2D eigenvalue weighted by molar-refractivity contribution is -0.0517. The van der Waals surface area contributed by atoms with E-state index in [1.54, 1.807) is 0 Å². The molecule has 0 aromatic heterocycles. The Bertz CT molecular complexity index is 221. The van der Waals surface area contributed by atoms with Crippen LogP contribution in [0.5, 0.6) is 0 Å². The van der Waals surface area contributed by atoms with E-state index in [4.69, 9.17) is 9.47 Å². The molecule has 0 bridgehead atoms. The van der Waals surface area contributed by atoms with Crippen LogP contribution in [0.15, 0.2) is 0 Å². The van der Waals surface area contributed by atoms with Crippen LogP contribution in [0.3, 0.4) is 0 Å². The number of hydrogen-bond donors (Lipinski definition) is 2. The molecule has 2 unspecified atom stereocenters. The predicted octanol–water partition coefficient (Wildman–Crippen LogP) is 1.32. The molecule has 1 rings (SSSR count). The predicted molar refractivity (Wildman–Crippen MR) is 68.2 cm³/mol. The van der Waals surface area contributed by atoms with Crippen molar-refractivity contribution in [1.82, 2.24) is 5.32 Å². The average Bonchev–Trinajstić information content (AvgIpc) is 2.68. The highest BCUT2D eigenvalue weighted by atomic mass is 16.5. The number of nitrogens with one attached hydrogen (secondary N) is 1. The van der Waals surface area contributed by atoms with Gasteiger partial charge in [-0.2, -0.15) is 0 Å². The molecule has 17 heavy (non-hydrogen) atoms. The molecular weight excluding hydrogens is 218 g/mol. The molecule has 0 amide bonds. The van der Waals surface area contributed by atoms with Gasteiger partial charge < -0.3 is 19.9 Å². The SMILES string of the molecule is CNC1(CO)CCC(OCCOC(C)(C)C)C1. The summed E-state index contributed by atoms with van der Waals surface area (Å²) >= 11 is 0. The number of aliphatic hydroxyl groups is 1. The lowest BCUT2D eigenvalue weighted by Gasteiger charge is -2.26. The molecule has 102 valence electrons. The van der Waals surface area contributed by atoms with Crippen LogP contribution in [-0.4, -0.2) is 49.2 Å². The number of aliphatic hydroxyl groups excluding tert-OH is 1. The Morgan fingerprint density at radius 3 is 2.53 bits per heavy atom. The van der Waals surface area contributed by atoms with Gasteiger partial charge in [-0.15, -0.1) is 0 Å². The highest BCUT2D eigenvalue weighted by Crippen LogP contribution is 2.31. The van der Waals surface area contributed by atoms with E-state index >= 15 is 0 Å². The molecule has 0 saturated heterocycles. The zero-order valence-corrected chi connectivity index (χ0v) is 11.6. The van der Waals surface area contributed by atoms with Gasteiger partial charge >= 0.3 is 0 Å². The van der Waals surface area contributed by atoms with Gasteiger partial charge in [0.25, 0.3) is 0 Å². The van der Waals surface area contributed by atoms with Gasteiger partial charge in [0, 0.05) is 5.54 Å². The smallest absolute Gasteiger partial charge is 0.0707 e. The molecular formula is C13H27NO3. The van der Waals surface area contributed by atoms with E-state index < -0.39 is 0 Å². The number of rotatable bonds is 6. The number of ether oxygens (including phenoxy) is 2. The summed E-state index contributed by atoms with van der Waals surface area (Å²) in [7, 11) is 1.90. The maximum absolute atomic E-state index is 9.37. The molecule has 4 nitrogen and oxygen atoms in total. The summed E-state index contributed by atoms with van der Waals surface area (Å²) in [5.41, 5.74) is -0.228. The van der Waals surface area contributed by atoms with Crippen LogP contribution in [-0.2, 0) is 9.47 Å². The Labute approximate surface area is 105 Å². The van der Waals surface area contributed by atoms with Gasteiger partial charge in [-0.25, -0.2) is 0 Å². The first-order valence-corrected chi connectivity index (χ1v) is 6.46. The third-order valence-corrected chi connectivity index (χ3v) is 3.37. The van der Waals surface area contributed by atoms with Crippen molar-refractivity contribution in [2.24, 2.45) is 0 Å². The van der Waals surface area contributed by atoms with Crippen molar-refractivity contribution in [2.45, 2.75) is 57.3 Å². The Morgan fingerprint density at radius 2 is 2.06 bits per heavy atom. The van der Waals surface area contributed by atoms with Crippen molar-refractivity contribution in [1.29, 1.82) is 0 Å². The first kappa shape index (κ1) is 14.9. The molecule has 4 heteroatoms. The molecule has 0 radical (unpaired) electrons. The van der Waals surface area contributed by atoms with E-state index in [1.165, 1.54) is 0 Å². The van der Waals surface area contributed by atoms with Crippen molar-refractivity contribution >= 4 is 0 Å². The third-order valence-electron chi connectivity index (χ3n) is 3.37. The van der Waals surface area contributed by atoms with Gasteiger partial charge in [-0.05, 0) is 47.1 Å². The second-order valence-electron chi connectivity index (χ2n) is 5.88. The second-order valence-corrected chi connectivity index (χ2v) is 5.88. The van der Waals surface area contributed by atoms with Crippen LogP contribution < -0.4 is 5.32 Å². The quantitative estimate of drug-likeness (QED) is 0.693. The summed E-state index contributed by atoms with van der Waals surface area (Å²) in [5, 5.41) is 12.6. The Balaban J connectivity index is 2.18. The molecule has 1 saturated carbocycles. The van der Waals surface area contributed by atoms with E-state index in [0.29, 0.717) is 13.2 Å². The Morgan fingerprint density at radius 1 is 1.35 bits per heavy atom. The molecule has 0 aromatic carbocycles. The molecule has 0 aliphatic heterocycles. The van der Waals surface area contributed by atoms with E-state index in [9.17, 15) is 5.11 Å². The fraction of sp³-hybridized carbons (Fsp3) is 1.00. The van der Waals surface area contributed by atoms with E-state index in [0.717, 1.165) is 19.3 Å². The Hall–Kier alpha value is -0.160. The standard InChI is InChI=1S/C13H27NO3/c1-12(2,3)17-8-7-16-11-5-6-13(9-11,10-15)14-4/h11,14-15H,5-10H2,1-4H3. The summed E-state index contributed by atoms with van der Waals surface area (Å²) < 4.78 is 11.4.